The molecule has 5 heteroatoms. The summed E-state index contributed by atoms with van der Waals surface area (Å²) in [4.78, 5) is 14.3. The molecule has 1 aliphatic heterocycles. The number of methoxy groups -OCH3 is 1. The molecule has 2 rings (SSSR count). The molecular formula is C15H22N2O3. The van der Waals surface area contributed by atoms with Gasteiger partial charge in [-0.05, 0) is 25.6 Å². The van der Waals surface area contributed by atoms with Crippen molar-refractivity contribution in [2.24, 2.45) is 0 Å². The van der Waals surface area contributed by atoms with Crippen LogP contribution in [0.5, 0.6) is 5.75 Å². The second-order valence-electron chi connectivity index (χ2n) is 5.00. The second-order valence-corrected chi connectivity index (χ2v) is 5.00. The van der Waals surface area contributed by atoms with E-state index in [-0.39, 0.29) is 12.0 Å². The van der Waals surface area contributed by atoms with Gasteiger partial charge >= 0.3 is 0 Å². The first-order chi connectivity index (χ1) is 9.70. The molecule has 0 aliphatic carbocycles. The molecule has 5 nitrogen and oxygen atoms in total. The molecule has 0 aromatic heterocycles. The highest BCUT2D eigenvalue weighted by Gasteiger charge is 2.18. The first kappa shape index (κ1) is 14.8. The third kappa shape index (κ3) is 3.95. The van der Waals surface area contributed by atoms with Gasteiger partial charge in [0, 0.05) is 19.6 Å². The molecule has 20 heavy (non-hydrogen) atoms. The number of carbonyl (C=O) groups is 1. The Hall–Kier alpha value is -1.59. The van der Waals surface area contributed by atoms with Crippen LogP contribution in [0.2, 0.25) is 0 Å². The number of ether oxygens (including phenoxy) is 2. The van der Waals surface area contributed by atoms with Gasteiger partial charge in [0.05, 0.1) is 25.4 Å². The number of hydrogen-bond acceptors (Lipinski definition) is 4. The third-order valence-corrected chi connectivity index (χ3v) is 3.45. The molecule has 1 unspecified atom stereocenters. The zero-order chi connectivity index (χ0) is 14.4. The summed E-state index contributed by atoms with van der Waals surface area (Å²) in [5.41, 5.74) is 0.566. The number of para-hydroxylation sites is 1. The molecule has 0 bridgehead atoms. The SMILES string of the molecule is COc1ccccc1C(=O)NCCC1CN(C)CCO1. The minimum absolute atomic E-state index is 0.105. The van der Waals surface area contributed by atoms with E-state index in [1.807, 2.05) is 12.1 Å². The Morgan fingerprint density at radius 1 is 1.50 bits per heavy atom. The Labute approximate surface area is 119 Å². The summed E-state index contributed by atoms with van der Waals surface area (Å²) in [6.07, 6.45) is 1.03. The summed E-state index contributed by atoms with van der Waals surface area (Å²) < 4.78 is 10.8. The number of rotatable bonds is 5. The normalized spacial score (nSPS) is 19.6. The van der Waals surface area contributed by atoms with E-state index < -0.39 is 0 Å². The molecule has 1 fully saturated rings. The van der Waals surface area contributed by atoms with E-state index in [0.29, 0.717) is 17.9 Å². The van der Waals surface area contributed by atoms with Crippen LogP contribution in [0, 0.1) is 0 Å². The molecule has 1 N–H and O–H groups in total. The van der Waals surface area contributed by atoms with Crippen LogP contribution in [0.1, 0.15) is 16.8 Å². The average molecular weight is 278 g/mol. The van der Waals surface area contributed by atoms with Gasteiger partial charge in [-0.3, -0.25) is 4.79 Å². The van der Waals surface area contributed by atoms with E-state index in [2.05, 4.69) is 17.3 Å². The Morgan fingerprint density at radius 3 is 3.05 bits per heavy atom. The van der Waals surface area contributed by atoms with Crippen molar-refractivity contribution in [3.63, 3.8) is 0 Å². The Bertz CT molecular complexity index is 450. The van der Waals surface area contributed by atoms with Crippen molar-refractivity contribution in [2.45, 2.75) is 12.5 Å². The third-order valence-electron chi connectivity index (χ3n) is 3.45. The van der Waals surface area contributed by atoms with E-state index in [4.69, 9.17) is 9.47 Å². The Balaban J connectivity index is 1.80. The highest BCUT2D eigenvalue weighted by molar-refractivity contribution is 5.96. The molecule has 1 saturated heterocycles. The summed E-state index contributed by atoms with van der Waals surface area (Å²) >= 11 is 0. The lowest BCUT2D eigenvalue weighted by molar-refractivity contribution is -0.0226. The number of amides is 1. The molecule has 0 spiro atoms. The van der Waals surface area contributed by atoms with Gasteiger partial charge in [0.1, 0.15) is 5.75 Å². The van der Waals surface area contributed by atoms with Crippen molar-refractivity contribution in [3.8, 4) is 5.75 Å². The van der Waals surface area contributed by atoms with E-state index in [1.165, 1.54) is 0 Å². The minimum atomic E-state index is -0.105. The maximum Gasteiger partial charge on any atom is 0.255 e. The highest BCUT2D eigenvalue weighted by atomic mass is 16.5. The van der Waals surface area contributed by atoms with Gasteiger partial charge < -0.3 is 19.7 Å². The molecule has 110 valence electrons. The molecule has 1 atom stereocenters. The number of likely N-dealkylation sites (N-methyl/N-ethyl adjacent to an activating group) is 1. The zero-order valence-electron chi connectivity index (χ0n) is 12.1. The van der Waals surface area contributed by atoms with Crippen LogP contribution in [-0.4, -0.2) is 57.3 Å². The summed E-state index contributed by atoms with van der Waals surface area (Å²) in [5, 5.41) is 2.92. The van der Waals surface area contributed by atoms with Crippen molar-refractivity contribution in [1.29, 1.82) is 0 Å². The van der Waals surface area contributed by atoms with Gasteiger partial charge in [-0.15, -0.1) is 0 Å². The fourth-order valence-electron chi connectivity index (χ4n) is 2.32. The standard InChI is InChI=1S/C15H22N2O3/c1-17-9-10-20-12(11-17)7-8-16-15(18)13-5-3-4-6-14(13)19-2/h3-6,12H,7-11H2,1-2H3,(H,16,18). The first-order valence-electron chi connectivity index (χ1n) is 6.92. The Morgan fingerprint density at radius 2 is 2.30 bits per heavy atom. The fraction of sp³-hybridized carbons (Fsp3) is 0.533. The van der Waals surface area contributed by atoms with Gasteiger partial charge in [0.2, 0.25) is 0 Å². The summed E-state index contributed by atoms with van der Waals surface area (Å²) in [6, 6.07) is 7.23. The second kappa shape index (κ2) is 7.26. The monoisotopic (exact) mass is 278 g/mol. The smallest absolute Gasteiger partial charge is 0.255 e. The van der Waals surface area contributed by atoms with E-state index in [9.17, 15) is 4.79 Å². The van der Waals surface area contributed by atoms with Gasteiger partial charge in [-0.2, -0.15) is 0 Å². The van der Waals surface area contributed by atoms with Gasteiger partial charge in [-0.25, -0.2) is 0 Å². The number of nitrogens with one attached hydrogen (secondary N) is 1. The molecule has 1 aliphatic rings. The van der Waals surface area contributed by atoms with Crippen LogP contribution >= 0.6 is 0 Å². The van der Waals surface area contributed by atoms with Crippen LogP contribution in [0.25, 0.3) is 0 Å². The quantitative estimate of drug-likeness (QED) is 0.877. The predicted molar refractivity (Wildman–Crippen MR) is 77.2 cm³/mol. The van der Waals surface area contributed by atoms with Crippen molar-refractivity contribution in [1.82, 2.24) is 10.2 Å². The van der Waals surface area contributed by atoms with Crippen LogP contribution in [-0.2, 0) is 4.74 Å². The van der Waals surface area contributed by atoms with Gasteiger partial charge in [0.15, 0.2) is 0 Å². The topological polar surface area (TPSA) is 50.8 Å². The van der Waals surface area contributed by atoms with Gasteiger partial charge in [-0.1, -0.05) is 12.1 Å². The lowest BCUT2D eigenvalue weighted by Gasteiger charge is -2.30. The van der Waals surface area contributed by atoms with Crippen LogP contribution in [0.4, 0.5) is 0 Å². The van der Waals surface area contributed by atoms with E-state index in [1.54, 1.807) is 19.2 Å². The number of hydrogen-bond donors (Lipinski definition) is 1. The van der Waals surface area contributed by atoms with Crippen LogP contribution in [0.15, 0.2) is 24.3 Å². The minimum Gasteiger partial charge on any atom is -0.496 e. The number of benzene rings is 1. The van der Waals surface area contributed by atoms with E-state index >= 15 is 0 Å². The Kier molecular flexibility index (Phi) is 5.38. The van der Waals surface area contributed by atoms with Crippen molar-refractivity contribution < 1.29 is 14.3 Å². The zero-order valence-corrected chi connectivity index (χ0v) is 12.1. The highest BCUT2D eigenvalue weighted by Crippen LogP contribution is 2.16. The van der Waals surface area contributed by atoms with Crippen LogP contribution in [0.3, 0.4) is 0 Å². The summed E-state index contributed by atoms with van der Waals surface area (Å²) in [6.45, 7) is 3.27. The lowest BCUT2D eigenvalue weighted by atomic mass is 10.1. The maximum atomic E-state index is 12.1. The van der Waals surface area contributed by atoms with Crippen LogP contribution < -0.4 is 10.1 Å². The van der Waals surface area contributed by atoms with Crippen molar-refractivity contribution in [2.75, 3.05) is 40.4 Å². The molecule has 0 radical (unpaired) electrons. The number of nitrogens with zero attached hydrogens (tertiary/aromatic N) is 1. The lowest BCUT2D eigenvalue weighted by Crippen LogP contribution is -2.41. The molecular weight excluding hydrogens is 256 g/mol. The van der Waals surface area contributed by atoms with E-state index in [0.717, 1.165) is 26.1 Å². The molecule has 1 heterocycles. The maximum absolute atomic E-state index is 12.1. The summed E-state index contributed by atoms with van der Waals surface area (Å²) in [5.74, 6) is 0.491. The molecule has 1 aromatic carbocycles. The molecule has 1 amide bonds. The molecule has 1 aromatic rings. The first-order valence-corrected chi connectivity index (χ1v) is 6.92. The van der Waals surface area contributed by atoms with Crippen molar-refractivity contribution in [3.05, 3.63) is 29.8 Å². The number of morpholine rings is 1. The van der Waals surface area contributed by atoms with Crippen molar-refractivity contribution >= 4 is 5.91 Å². The largest absolute Gasteiger partial charge is 0.496 e. The summed E-state index contributed by atoms with van der Waals surface area (Å²) in [7, 11) is 3.65. The molecule has 0 saturated carbocycles. The number of carbonyl (C=O) groups excluding carboxylic acids is 1. The average Bonchev–Trinajstić information content (AvgIpc) is 2.47. The van der Waals surface area contributed by atoms with Gasteiger partial charge in [0.25, 0.3) is 5.91 Å². The predicted octanol–water partition coefficient (Wildman–Crippen LogP) is 1.15. The fourth-order valence-corrected chi connectivity index (χ4v) is 2.32.